The van der Waals surface area contributed by atoms with Crippen LogP contribution in [-0.2, 0) is 11.0 Å². The summed E-state index contributed by atoms with van der Waals surface area (Å²) in [6.45, 7) is 16.3. The fourth-order valence-corrected chi connectivity index (χ4v) is 4.47. The van der Waals surface area contributed by atoms with Crippen molar-refractivity contribution in [3.8, 4) is 17.6 Å². The Balaban J connectivity index is 1.93. The SMILES string of the molecule is CC(C)(C#Cc1c(Nc2ccc(Cl)c(F)c2)cccc1OCc1ccccc1)CO[Si](C)(C)C(C)(C)C. The van der Waals surface area contributed by atoms with Crippen LogP contribution in [0.25, 0.3) is 0 Å². The van der Waals surface area contributed by atoms with Crippen LogP contribution in [0, 0.1) is 23.1 Å². The summed E-state index contributed by atoms with van der Waals surface area (Å²) in [6, 6.07) is 20.3. The quantitative estimate of drug-likeness (QED) is 0.229. The maximum absolute atomic E-state index is 14.1. The van der Waals surface area contributed by atoms with Crippen molar-refractivity contribution < 1.29 is 13.6 Å². The van der Waals surface area contributed by atoms with Gasteiger partial charge in [0.1, 0.15) is 18.2 Å². The first-order valence-corrected chi connectivity index (χ1v) is 15.7. The van der Waals surface area contributed by atoms with E-state index >= 15 is 0 Å². The first-order valence-electron chi connectivity index (χ1n) is 12.5. The third-order valence-electron chi connectivity index (χ3n) is 6.59. The number of hydrogen-bond donors (Lipinski definition) is 1. The van der Waals surface area contributed by atoms with Crippen LogP contribution in [0.5, 0.6) is 5.75 Å². The first-order chi connectivity index (χ1) is 17.3. The summed E-state index contributed by atoms with van der Waals surface area (Å²) in [5, 5.41) is 3.49. The van der Waals surface area contributed by atoms with Crippen LogP contribution in [0.15, 0.2) is 66.7 Å². The third kappa shape index (κ3) is 8.10. The highest BCUT2D eigenvalue weighted by Gasteiger charge is 2.38. The Hall–Kier alpha value is -2.78. The number of hydrogen-bond acceptors (Lipinski definition) is 3. The van der Waals surface area contributed by atoms with Crippen LogP contribution in [0.3, 0.4) is 0 Å². The molecule has 3 nitrogen and oxygen atoms in total. The van der Waals surface area contributed by atoms with Crippen molar-refractivity contribution in [2.24, 2.45) is 5.41 Å². The maximum Gasteiger partial charge on any atom is 0.192 e. The summed E-state index contributed by atoms with van der Waals surface area (Å²) < 4.78 is 26.8. The molecule has 0 bridgehead atoms. The molecule has 0 fully saturated rings. The van der Waals surface area contributed by atoms with Crippen molar-refractivity contribution in [1.82, 2.24) is 0 Å². The third-order valence-corrected chi connectivity index (χ3v) is 11.4. The molecule has 6 heteroatoms. The lowest BCUT2D eigenvalue weighted by Gasteiger charge is -2.38. The number of anilines is 2. The number of rotatable bonds is 8. The standard InChI is InChI=1S/C31H37ClFNO2Si/c1-30(2,3)37(6,7)36-22-31(4,5)19-18-25-28(34-24-16-17-26(32)27(33)20-24)14-11-15-29(25)35-21-23-12-9-8-10-13-23/h8-17,20,34H,21-22H2,1-7H3. The lowest BCUT2D eigenvalue weighted by molar-refractivity contribution is 0.209. The Labute approximate surface area is 227 Å². The van der Waals surface area contributed by atoms with Gasteiger partial charge < -0.3 is 14.5 Å². The van der Waals surface area contributed by atoms with E-state index in [9.17, 15) is 4.39 Å². The molecule has 0 aromatic heterocycles. The molecule has 196 valence electrons. The average Bonchev–Trinajstić information content (AvgIpc) is 2.83. The van der Waals surface area contributed by atoms with Gasteiger partial charge in [-0.3, -0.25) is 0 Å². The van der Waals surface area contributed by atoms with Crippen LogP contribution >= 0.6 is 11.6 Å². The lowest BCUT2D eigenvalue weighted by atomic mass is 9.95. The molecule has 3 rings (SSSR count). The van der Waals surface area contributed by atoms with Crippen LogP contribution in [0.4, 0.5) is 15.8 Å². The molecule has 3 aromatic carbocycles. The molecular weight excluding hydrogens is 501 g/mol. The van der Waals surface area contributed by atoms with E-state index in [-0.39, 0.29) is 15.5 Å². The van der Waals surface area contributed by atoms with Crippen molar-refractivity contribution in [2.75, 3.05) is 11.9 Å². The van der Waals surface area contributed by atoms with Crippen molar-refractivity contribution in [1.29, 1.82) is 0 Å². The Bertz CT molecular complexity index is 1270. The molecule has 0 saturated carbocycles. The zero-order chi connectivity index (χ0) is 27.3. The molecule has 0 aliphatic heterocycles. The van der Waals surface area contributed by atoms with Crippen LogP contribution in [0.2, 0.25) is 23.2 Å². The second-order valence-corrected chi connectivity index (χ2v) is 16.6. The van der Waals surface area contributed by atoms with E-state index in [1.165, 1.54) is 12.1 Å². The molecule has 0 aliphatic rings. The largest absolute Gasteiger partial charge is 0.488 e. The first kappa shape index (κ1) is 28.8. The van der Waals surface area contributed by atoms with Gasteiger partial charge in [-0.15, -0.1) is 0 Å². The zero-order valence-corrected chi connectivity index (χ0v) is 24.6. The summed E-state index contributed by atoms with van der Waals surface area (Å²) in [5.41, 5.74) is 2.68. The molecule has 1 N–H and O–H groups in total. The lowest BCUT2D eigenvalue weighted by Crippen LogP contribution is -2.42. The minimum Gasteiger partial charge on any atom is -0.488 e. The second kappa shape index (κ2) is 11.7. The summed E-state index contributed by atoms with van der Waals surface area (Å²) in [7, 11) is -1.91. The van der Waals surface area contributed by atoms with Crippen molar-refractivity contribution in [2.45, 2.75) is 59.4 Å². The molecule has 0 heterocycles. The molecule has 0 amide bonds. The molecule has 0 radical (unpaired) electrons. The Morgan fingerprint density at radius 3 is 2.30 bits per heavy atom. The molecule has 0 unspecified atom stereocenters. The van der Waals surface area contributed by atoms with Crippen LogP contribution in [-0.4, -0.2) is 14.9 Å². The van der Waals surface area contributed by atoms with Gasteiger partial charge in [-0.2, -0.15) is 0 Å². The molecule has 0 saturated heterocycles. The van der Waals surface area contributed by atoms with E-state index in [0.29, 0.717) is 30.2 Å². The topological polar surface area (TPSA) is 30.5 Å². The number of halogens is 2. The predicted octanol–water partition coefficient (Wildman–Crippen LogP) is 9.20. The minimum atomic E-state index is -1.91. The van der Waals surface area contributed by atoms with Gasteiger partial charge in [-0.25, -0.2) is 4.39 Å². The number of benzene rings is 3. The van der Waals surface area contributed by atoms with Gasteiger partial charge in [-0.1, -0.05) is 80.6 Å². The summed E-state index contributed by atoms with van der Waals surface area (Å²) >= 11 is 5.88. The average molecular weight is 538 g/mol. The van der Waals surface area contributed by atoms with Crippen LogP contribution < -0.4 is 10.1 Å². The highest BCUT2D eigenvalue weighted by molar-refractivity contribution is 6.74. The minimum absolute atomic E-state index is 0.0778. The van der Waals surface area contributed by atoms with Gasteiger partial charge in [0, 0.05) is 17.7 Å². The molecule has 0 spiro atoms. The zero-order valence-electron chi connectivity index (χ0n) is 22.8. The molecule has 37 heavy (non-hydrogen) atoms. The number of ether oxygens (including phenoxy) is 1. The van der Waals surface area contributed by atoms with Crippen molar-refractivity contribution in [3.63, 3.8) is 0 Å². The molecular formula is C31H37ClFNO2Si. The molecule has 0 aliphatic carbocycles. The van der Waals surface area contributed by atoms with Crippen molar-refractivity contribution >= 4 is 31.3 Å². The smallest absolute Gasteiger partial charge is 0.192 e. The van der Waals surface area contributed by atoms with Gasteiger partial charge in [0.2, 0.25) is 0 Å². The van der Waals surface area contributed by atoms with Gasteiger partial charge >= 0.3 is 0 Å². The fourth-order valence-electron chi connectivity index (χ4n) is 3.19. The summed E-state index contributed by atoms with van der Waals surface area (Å²) in [4.78, 5) is 0. The molecule has 3 aromatic rings. The maximum atomic E-state index is 14.1. The van der Waals surface area contributed by atoms with Crippen LogP contribution in [0.1, 0.15) is 45.7 Å². The van der Waals surface area contributed by atoms with E-state index in [2.05, 4.69) is 64.9 Å². The Kier molecular flexibility index (Phi) is 9.12. The molecule has 0 atom stereocenters. The summed E-state index contributed by atoms with van der Waals surface area (Å²) in [6.07, 6.45) is 0. The monoisotopic (exact) mass is 537 g/mol. The van der Waals surface area contributed by atoms with E-state index in [1.54, 1.807) is 6.07 Å². The van der Waals surface area contributed by atoms with Crippen molar-refractivity contribution in [3.05, 3.63) is 88.7 Å². The van der Waals surface area contributed by atoms with Gasteiger partial charge in [-0.05, 0) is 67.9 Å². The Morgan fingerprint density at radius 1 is 0.946 bits per heavy atom. The van der Waals surface area contributed by atoms with Gasteiger partial charge in [0.25, 0.3) is 0 Å². The van der Waals surface area contributed by atoms with Gasteiger partial charge in [0.15, 0.2) is 8.32 Å². The fraction of sp³-hybridized carbons (Fsp3) is 0.355. The van der Waals surface area contributed by atoms with E-state index < -0.39 is 14.1 Å². The predicted molar refractivity (Wildman–Crippen MR) is 156 cm³/mol. The highest BCUT2D eigenvalue weighted by Crippen LogP contribution is 2.38. The van der Waals surface area contributed by atoms with Gasteiger partial charge in [0.05, 0.1) is 16.3 Å². The van der Waals surface area contributed by atoms with E-state index in [1.807, 2.05) is 48.5 Å². The normalized spacial score (nSPS) is 12.0. The highest BCUT2D eigenvalue weighted by atomic mass is 35.5. The number of nitrogens with one attached hydrogen (secondary N) is 1. The Morgan fingerprint density at radius 2 is 1.65 bits per heavy atom. The van der Waals surface area contributed by atoms with E-state index in [0.717, 1.165) is 11.3 Å². The van der Waals surface area contributed by atoms with E-state index in [4.69, 9.17) is 20.8 Å². The second-order valence-electron chi connectivity index (χ2n) is 11.4. The summed E-state index contributed by atoms with van der Waals surface area (Å²) in [5.74, 6) is 6.94.